The molecule has 2 aromatic rings. The summed E-state index contributed by atoms with van der Waals surface area (Å²) in [6, 6.07) is 10.3. The first-order valence-electron chi connectivity index (χ1n) is 13.8. The lowest BCUT2D eigenvalue weighted by Gasteiger charge is -2.40. The Balaban J connectivity index is 1.49. The van der Waals surface area contributed by atoms with E-state index in [0.29, 0.717) is 45.9 Å². The summed E-state index contributed by atoms with van der Waals surface area (Å²) in [6.45, 7) is 4.83. The van der Waals surface area contributed by atoms with Gasteiger partial charge in [0.2, 0.25) is 0 Å². The van der Waals surface area contributed by atoms with Crippen molar-refractivity contribution in [2.45, 2.75) is 61.3 Å². The first-order valence-corrected chi connectivity index (χ1v) is 15.3. The van der Waals surface area contributed by atoms with Crippen LogP contribution in [0.4, 0.5) is 13.2 Å². The summed E-state index contributed by atoms with van der Waals surface area (Å²) in [7, 11) is -4.21. The van der Waals surface area contributed by atoms with Crippen molar-refractivity contribution in [3.05, 3.63) is 48.5 Å². The lowest BCUT2D eigenvalue weighted by molar-refractivity contribution is -0.274. The van der Waals surface area contributed by atoms with Crippen molar-refractivity contribution in [1.82, 2.24) is 10.4 Å². The third-order valence-electron chi connectivity index (χ3n) is 7.20. The average Bonchev–Trinajstić information content (AvgIpc) is 2.97. The lowest BCUT2D eigenvalue weighted by Crippen LogP contribution is -2.58. The molecule has 2 aliphatic rings. The SMILES string of the molecule is CCOCCN1CCC(C(=O)NOC2CCCCO2)(S(=O)(=O)c2ccc(Oc3ccc(OC(F)(F)F)cc3)cc2)CC1. The number of sulfone groups is 1. The van der Waals surface area contributed by atoms with Crippen LogP contribution in [0.15, 0.2) is 53.4 Å². The normalized spacial score (nSPS) is 19.7. The van der Waals surface area contributed by atoms with E-state index in [1.54, 1.807) is 0 Å². The largest absolute Gasteiger partial charge is 0.573 e. The first-order chi connectivity index (χ1) is 20.0. The van der Waals surface area contributed by atoms with Gasteiger partial charge in [-0.05, 0) is 81.1 Å². The second-order valence-electron chi connectivity index (χ2n) is 9.97. The molecule has 2 fully saturated rings. The van der Waals surface area contributed by atoms with Crippen molar-refractivity contribution >= 4 is 15.7 Å². The lowest BCUT2D eigenvalue weighted by atomic mass is 9.95. The fraction of sp³-hybridized carbons (Fsp3) is 0.536. The third-order valence-corrected chi connectivity index (χ3v) is 9.71. The van der Waals surface area contributed by atoms with Crippen LogP contribution in [-0.4, -0.2) is 76.1 Å². The van der Waals surface area contributed by atoms with Gasteiger partial charge in [0.1, 0.15) is 17.2 Å². The fourth-order valence-corrected chi connectivity index (χ4v) is 6.82. The summed E-state index contributed by atoms with van der Waals surface area (Å²) in [5.41, 5.74) is 2.38. The van der Waals surface area contributed by atoms with Gasteiger partial charge in [0.05, 0.1) is 11.5 Å². The van der Waals surface area contributed by atoms with Gasteiger partial charge in [-0.25, -0.2) is 18.7 Å². The highest BCUT2D eigenvalue weighted by Gasteiger charge is 2.53. The van der Waals surface area contributed by atoms with Gasteiger partial charge in [-0.15, -0.1) is 13.2 Å². The molecule has 232 valence electrons. The maximum atomic E-state index is 14.1. The molecule has 0 saturated carbocycles. The standard InChI is InChI=1S/C28H35F3N2O8S/c1-2-37-20-18-33-16-14-27(15-17-33,26(34)32-41-25-5-3-4-19-38-25)42(35,36)24-12-10-22(11-13-24)39-21-6-8-23(9-7-21)40-28(29,30)31/h6-13,25H,2-5,14-20H2,1H3,(H,32,34). The Morgan fingerprint density at radius 3 is 2.21 bits per heavy atom. The predicted molar refractivity (Wildman–Crippen MR) is 145 cm³/mol. The number of hydrogen-bond donors (Lipinski definition) is 1. The first kappa shape index (κ1) is 32.0. The molecule has 2 heterocycles. The average molecular weight is 617 g/mol. The zero-order valence-corrected chi connectivity index (χ0v) is 24.0. The van der Waals surface area contributed by atoms with E-state index >= 15 is 0 Å². The number of amides is 1. The van der Waals surface area contributed by atoms with Crippen molar-refractivity contribution < 1.29 is 50.2 Å². The van der Waals surface area contributed by atoms with Gasteiger partial charge in [-0.2, -0.15) is 0 Å². The van der Waals surface area contributed by atoms with Crippen LogP contribution >= 0.6 is 0 Å². The smallest absolute Gasteiger partial charge is 0.457 e. The quantitative estimate of drug-likeness (QED) is 0.270. The number of piperidine rings is 1. The van der Waals surface area contributed by atoms with E-state index in [9.17, 15) is 26.4 Å². The summed E-state index contributed by atoms with van der Waals surface area (Å²) < 4.78 is 83.9. The van der Waals surface area contributed by atoms with E-state index in [1.165, 1.54) is 36.4 Å². The number of likely N-dealkylation sites (tertiary alicyclic amines) is 1. The number of rotatable bonds is 12. The van der Waals surface area contributed by atoms with Gasteiger partial charge >= 0.3 is 6.36 Å². The van der Waals surface area contributed by atoms with Crippen molar-refractivity contribution in [1.29, 1.82) is 0 Å². The number of hydrogen-bond acceptors (Lipinski definition) is 9. The number of ether oxygens (including phenoxy) is 4. The van der Waals surface area contributed by atoms with E-state index in [4.69, 9.17) is 19.0 Å². The number of carbonyl (C=O) groups is 1. The summed E-state index contributed by atoms with van der Waals surface area (Å²) in [6.07, 6.45) is -3.00. The van der Waals surface area contributed by atoms with Crippen molar-refractivity contribution in [2.24, 2.45) is 0 Å². The minimum Gasteiger partial charge on any atom is -0.457 e. The maximum Gasteiger partial charge on any atom is 0.573 e. The zero-order chi connectivity index (χ0) is 30.2. The van der Waals surface area contributed by atoms with E-state index in [-0.39, 0.29) is 29.2 Å². The van der Waals surface area contributed by atoms with Gasteiger partial charge in [0, 0.05) is 39.3 Å². The van der Waals surface area contributed by atoms with E-state index < -0.39 is 38.9 Å². The molecule has 1 amide bonds. The summed E-state index contributed by atoms with van der Waals surface area (Å²) in [5, 5.41) is 0. The Hall–Kier alpha value is -2.91. The molecule has 2 aliphatic heterocycles. The van der Waals surface area contributed by atoms with Gasteiger partial charge < -0.3 is 23.8 Å². The fourth-order valence-electron chi connectivity index (χ4n) is 4.87. The Labute approximate surface area is 242 Å². The minimum atomic E-state index is -4.81. The monoisotopic (exact) mass is 616 g/mol. The Morgan fingerprint density at radius 2 is 1.64 bits per heavy atom. The zero-order valence-electron chi connectivity index (χ0n) is 23.2. The molecular formula is C28H35F3N2O8S. The second kappa shape index (κ2) is 14.0. The highest BCUT2D eigenvalue weighted by atomic mass is 32.2. The van der Waals surface area contributed by atoms with Crippen LogP contribution in [0.3, 0.4) is 0 Å². The van der Waals surface area contributed by atoms with E-state index in [2.05, 4.69) is 15.1 Å². The molecule has 10 nitrogen and oxygen atoms in total. The van der Waals surface area contributed by atoms with Gasteiger partial charge in [-0.1, -0.05) is 0 Å². The number of nitrogens with one attached hydrogen (secondary N) is 1. The topological polar surface area (TPSA) is 113 Å². The molecule has 0 spiro atoms. The Bertz CT molecular complexity index is 1260. The Kier molecular flexibility index (Phi) is 10.7. The summed E-state index contributed by atoms with van der Waals surface area (Å²) in [4.78, 5) is 21.0. The molecule has 2 saturated heterocycles. The molecule has 0 bridgehead atoms. The Morgan fingerprint density at radius 1 is 1.02 bits per heavy atom. The number of benzene rings is 2. The summed E-state index contributed by atoms with van der Waals surface area (Å²) >= 11 is 0. The molecule has 0 aliphatic carbocycles. The molecule has 1 N–H and O–H groups in total. The third kappa shape index (κ3) is 8.13. The van der Waals surface area contributed by atoms with Crippen LogP contribution in [0.25, 0.3) is 0 Å². The molecule has 2 aromatic carbocycles. The molecule has 0 aromatic heterocycles. The second-order valence-corrected chi connectivity index (χ2v) is 12.2. The van der Waals surface area contributed by atoms with Gasteiger partial charge in [0.15, 0.2) is 20.9 Å². The van der Waals surface area contributed by atoms with Gasteiger partial charge in [0.25, 0.3) is 5.91 Å². The molecule has 1 unspecified atom stereocenters. The highest BCUT2D eigenvalue weighted by molar-refractivity contribution is 7.93. The van der Waals surface area contributed by atoms with Crippen LogP contribution in [0, 0.1) is 0 Å². The molecule has 42 heavy (non-hydrogen) atoms. The van der Waals surface area contributed by atoms with Crippen LogP contribution in [0.2, 0.25) is 0 Å². The van der Waals surface area contributed by atoms with Gasteiger partial charge in [-0.3, -0.25) is 4.79 Å². The molecular weight excluding hydrogens is 581 g/mol. The summed E-state index contributed by atoms with van der Waals surface area (Å²) in [5.74, 6) is -0.677. The number of hydroxylamine groups is 1. The van der Waals surface area contributed by atoms with Crippen LogP contribution < -0.4 is 15.0 Å². The van der Waals surface area contributed by atoms with Crippen molar-refractivity contribution in [3.8, 4) is 17.2 Å². The van der Waals surface area contributed by atoms with Crippen molar-refractivity contribution in [2.75, 3.05) is 39.5 Å². The minimum absolute atomic E-state index is 0.0484. The van der Waals surface area contributed by atoms with Crippen LogP contribution in [-0.2, 0) is 28.9 Å². The number of halogens is 3. The number of nitrogens with zero attached hydrogens (tertiary/aromatic N) is 1. The molecule has 4 rings (SSSR count). The predicted octanol–water partition coefficient (Wildman–Crippen LogP) is 4.60. The van der Waals surface area contributed by atoms with E-state index in [0.717, 1.165) is 25.0 Å². The number of alkyl halides is 3. The van der Waals surface area contributed by atoms with Crippen LogP contribution in [0.5, 0.6) is 17.2 Å². The number of carbonyl (C=O) groups excluding carboxylic acids is 1. The molecule has 1 atom stereocenters. The van der Waals surface area contributed by atoms with Crippen LogP contribution in [0.1, 0.15) is 39.0 Å². The van der Waals surface area contributed by atoms with Crippen molar-refractivity contribution in [3.63, 3.8) is 0 Å². The highest BCUT2D eigenvalue weighted by Crippen LogP contribution is 2.37. The maximum absolute atomic E-state index is 14.1. The molecule has 14 heteroatoms. The van der Waals surface area contributed by atoms with E-state index in [1.807, 2.05) is 6.92 Å². The molecule has 0 radical (unpaired) electrons.